The number of hydrogen-bond donors (Lipinski definition) is 1. The third-order valence-electron chi connectivity index (χ3n) is 3.73. The Morgan fingerprint density at radius 1 is 1.00 bits per heavy atom. The smallest absolute Gasteiger partial charge is 0.0402 e. The van der Waals surface area contributed by atoms with Crippen molar-refractivity contribution in [2.45, 2.75) is 53.4 Å². The third kappa shape index (κ3) is 4.52. The molecule has 0 amide bonds. The van der Waals surface area contributed by atoms with Gasteiger partial charge in [0.05, 0.1) is 0 Å². The second-order valence-electron chi connectivity index (χ2n) is 5.15. The molecule has 1 aromatic rings. The lowest BCUT2D eigenvalue weighted by Gasteiger charge is -2.32. The summed E-state index contributed by atoms with van der Waals surface area (Å²) in [5.41, 5.74) is 4.66. The Morgan fingerprint density at radius 3 is 2.25 bits per heavy atom. The highest BCUT2D eigenvalue weighted by Crippen LogP contribution is 2.26. The SMILES string of the molecule is CC.CCCc1cccc(N2CCNCC2)c1CCC. The third-order valence-corrected chi connectivity index (χ3v) is 3.73. The van der Waals surface area contributed by atoms with Crippen LogP contribution in [0.15, 0.2) is 18.2 Å². The number of nitrogens with one attached hydrogen (secondary N) is 1. The van der Waals surface area contributed by atoms with E-state index in [0.29, 0.717) is 0 Å². The van der Waals surface area contributed by atoms with Gasteiger partial charge < -0.3 is 10.2 Å². The molecule has 1 aromatic carbocycles. The zero-order chi connectivity index (χ0) is 14.8. The summed E-state index contributed by atoms with van der Waals surface area (Å²) >= 11 is 0. The maximum Gasteiger partial charge on any atom is 0.0402 e. The predicted octanol–water partition coefficient (Wildman–Crippen LogP) is 4.03. The summed E-state index contributed by atoms with van der Waals surface area (Å²) in [4.78, 5) is 2.56. The van der Waals surface area contributed by atoms with Gasteiger partial charge >= 0.3 is 0 Å². The topological polar surface area (TPSA) is 15.3 Å². The first kappa shape index (κ1) is 17.0. The highest BCUT2D eigenvalue weighted by atomic mass is 15.2. The molecule has 2 nitrogen and oxygen atoms in total. The summed E-state index contributed by atoms with van der Waals surface area (Å²) in [6.07, 6.45) is 4.91. The number of piperazine rings is 1. The fourth-order valence-electron chi connectivity index (χ4n) is 2.87. The van der Waals surface area contributed by atoms with E-state index in [1.54, 1.807) is 11.1 Å². The van der Waals surface area contributed by atoms with E-state index in [9.17, 15) is 0 Å². The van der Waals surface area contributed by atoms with Gasteiger partial charge in [0.25, 0.3) is 0 Å². The summed E-state index contributed by atoms with van der Waals surface area (Å²) in [6.45, 7) is 13.1. The van der Waals surface area contributed by atoms with Crippen molar-refractivity contribution < 1.29 is 0 Å². The largest absolute Gasteiger partial charge is 0.369 e. The van der Waals surface area contributed by atoms with E-state index in [0.717, 1.165) is 26.2 Å². The quantitative estimate of drug-likeness (QED) is 0.873. The van der Waals surface area contributed by atoms with E-state index in [2.05, 4.69) is 42.3 Å². The van der Waals surface area contributed by atoms with Gasteiger partial charge in [-0.2, -0.15) is 0 Å². The molecule has 114 valence electrons. The first-order chi connectivity index (χ1) is 9.86. The normalized spacial score (nSPS) is 14.7. The van der Waals surface area contributed by atoms with Crippen molar-refractivity contribution in [2.75, 3.05) is 31.1 Å². The van der Waals surface area contributed by atoms with Crippen LogP contribution in [0.1, 0.15) is 51.7 Å². The molecule has 1 aliphatic heterocycles. The number of nitrogens with zero attached hydrogens (tertiary/aromatic N) is 1. The molecule has 1 fully saturated rings. The second kappa shape index (κ2) is 9.82. The predicted molar refractivity (Wildman–Crippen MR) is 90.9 cm³/mol. The van der Waals surface area contributed by atoms with Crippen LogP contribution < -0.4 is 10.2 Å². The number of aryl methyl sites for hydroxylation is 1. The molecule has 2 heteroatoms. The van der Waals surface area contributed by atoms with Crippen molar-refractivity contribution >= 4 is 5.69 Å². The van der Waals surface area contributed by atoms with Crippen LogP contribution in [-0.2, 0) is 12.8 Å². The lowest BCUT2D eigenvalue weighted by Crippen LogP contribution is -2.44. The molecule has 0 atom stereocenters. The molecule has 0 spiro atoms. The van der Waals surface area contributed by atoms with Gasteiger partial charge in [-0.1, -0.05) is 52.7 Å². The maximum absolute atomic E-state index is 3.43. The van der Waals surface area contributed by atoms with Gasteiger partial charge in [-0.25, -0.2) is 0 Å². The van der Waals surface area contributed by atoms with E-state index >= 15 is 0 Å². The van der Waals surface area contributed by atoms with Crippen molar-refractivity contribution in [1.29, 1.82) is 0 Å². The Morgan fingerprint density at radius 2 is 1.65 bits per heavy atom. The molecule has 1 saturated heterocycles. The Kier molecular flexibility index (Phi) is 8.36. The van der Waals surface area contributed by atoms with Crippen LogP contribution in [0, 0.1) is 0 Å². The fourth-order valence-corrected chi connectivity index (χ4v) is 2.87. The van der Waals surface area contributed by atoms with Crippen molar-refractivity contribution in [3.63, 3.8) is 0 Å². The lowest BCUT2D eigenvalue weighted by molar-refractivity contribution is 0.587. The van der Waals surface area contributed by atoms with Crippen molar-refractivity contribution in [3.05, 3.63) is 29.3 Å². The number of benzene rings is 1. The number of rotatable bonds is 5. The van der Waals surface area contributed by atoms with E-state index in [4.69, 9.17) is 0 Å². The van der Waals surface area contributed by atoms with Crippen LogP contribution in [0.2, 0.25) is 0 Å². The van der Waals surface area contributed by atoms with Crippen molar-refractivity contribution in [1.82, 2.24) is 5.32 Å². The lowest BCUT2D eigenvalue weighted by atomic mass is 9.97. The van der Waals surface area contributed by atoms with Crippen LogP contribution >= 0.6 is 0 Å². The molecule has 0 unspecified atom stereocenters. The van der Waals surface area contributed by atoms with Gasteiger partial charge in [0.1, 0.15) is 0 Å². The van der Waals surface area contributed by atoms with E-state index in [1.807, 2.05) is 13.8 Å². The minimum Gasteiger partial charge on any atom is -0.369 e. The zero-order valence-electron chi connectivity index (χ0n) is 13.8. The second-order valence-corrected chi connectivity index (χ2v) is 5.15. The first-order valence-corrected chi connectivity index (χ1v) is 8.43. The van der Waals surface area contributed by atoms with Gasteiger partial charge in [0.15, 0.2) is 0 Å². The fraction of sp³-hybridized carbons (Fsp3) is 0.667. The molecule has 0 aliphatic carbocycles. The van der Waals surface area contributed by atoms with Gasteiger partial charge in [0, 0.05) is 31.9 Å². The van der Waals surface area contributed by atoms with Gasteiger partial charge in [-0.15, -0.1) is 0 Å². The van der Waals surface area contributed by atoms with Gasteiger partial charge in [-0.05, 0) is 30.0 Å². The Hall–Kier alpha value is -1.02. The van der Waals surface area contributed by atoms with E-state index in [1.165, 1.54) is 31.4 Å². The maximum atomic E-state index is 3.43. The summed E-state index contributed by atoms with van der Waals surface area (Å²) < 4.78 is 0. The minimum atomic E-state index is 1.11. The zero-order valence-corrected chi connectivity index (χ0v) is 13.8. The Bertz CT molecular complexity index is 368. The van der Waals surface area contributed by atoms with Crippen molar-refractivity contribution in [3.8, 4) is 0 Å². The van der Waals surface area contributed by atoms with Crippen molar-refractivity contribution in [2.24, 2.45) is 0 Å². The van der Waals surface area contributed by atoms with Crippen LogP contribution in [0.5, 0.6) is 0 Å². The molecule has 1 aliphatic rings. The first-order valence-electron chi connectivity index (χ1n) is 8.43. The number of hydrogen-bond acceptors (Lipinski definition) is 2. The van der Waals surface area contributed by atoms with E-state index in [-0.39, 0.29) is 0 Å². The summed E-state index contributed by atoms with van der Waals surface area (Å²) in [7, 11) is 0. The average molecular weight is 276 g/mol. The molecule has 0 saturated carbocycles. The van der Waals surface area contributed by atoms with E-state index < -0.39 is 0 Å². The molecular formula is C18H32N2. The molecular weight excluding hydrogens is 244 g/mol. The van der Waals surface area contributed by atoms with Crippen LogP contribution in [-0.4, -0.2) is 26.2 Å². The number of anilines is 1. The molecule has 1 N–H and O–H groups in total. The van der Waals surface area contributed by atoms with Crippen LogP contribution in [0.3, 0.4) is 0 Å². The highest BCUT2D eigenvalue weighted by Gasteiger charge is 2.15. The minimum absolute atomic E-state index is 1.11. The molecule has 0 radical (unpaired) electrons. The highest BCUT2D eigenvalue weighted by molar-refractivity contribution is 5.57. The average Bonchev–Trinajstić information content (AvgIpc) is 2.52. The molecule has 1 heterocycles. The molecule has 0 aromatic heterocycles. The summed E-state index contributed by atoms with van der Waals surface area (Å²) in [5.74, 6) is 0. The van der Waals surface area contributed by atoms with Gasteiger partial charge in [0.2, 0.25) is 0 Å². The Labute approximate surface area is 125 Å². The monoisotopic (exact) mass is 276 g/mol. The Balaban J connectivity index is 0.000000956. The summed E-state index contributed by atoms with van der Waals surface area (Å²) in [5, 5.41) is 3.43. The summed E-state index contributed by atoms with van der Waals surface area (Å²) in [6, 6.07) is 6.87. The molecule has 20 heavy (non-hydrogen) atoms. The van der Waals surface area contributed by atoms with Gasteiger partial charge in [-0.3, -0.25) is 0 Å². The standard InChI is InChI=1S/C16H26N2.C2H6/c1-3-6-14-8-5-9-16(15(14)7-4-2)18-12-10-17-11-13-18;1-2/h5,8-9,17H,3-4,6-7,10-13H2,1-2H3;1-2H3. The van der Waals surface area contributed by atoms with Crippen LogP contribution in [0.25, 0.3) is 0 Å². The van der Waals surface area contributed by atoms with Crippen LogP contribution in [0.4, 0.5) is 5.69 Å². The molecule has 0 bridgehead atoms. The molecule has 2 rings (SSSR count).